The molecule has 0 aromatic rings. The molecule has 0 N–H and O–H groups in total. The molecule has 0 aliphatic rings. The molecular formula is C5H7N3O. The Morgan fingerprint density at radius 1 is 1.89 bits per heavy atom. The SMILES string of the molecule is CCC(=O)C=CN=[N+]=[N-]. The quantitative estimate of drug-likeness (QED) is 0.245. The fraction of sp³-hybridized carbons (Fsp3) is 0.400. The molecule has 0 radical (unpaired) electrons. The van der Waals surface area contributed by atoms with Crippen molar-refractivity contribution in [3.05, 3.63) is 22.7 Å². The van der Waals surface area contributed by atoms with Crippen LogP contribution in [0.3, 0.4) is 0 Å². The minimum absolute atomic E-state index is 0.0394. The van der Waals surface area contributed by atoms with E-state index in [-0.39, 0.29) is 5.78 Å². The summed E-state index contributed by atoms with van der Waals surface area (Å²) in [6, 6.07) is 0. The first kappa shape index (κ1) is 7.72. The summed E-state index contributed by atoms with van der Waals surface area (Å²) in [7, 11) is 0. The molecule has 0 amide bonds. The highest BCUT2D eigenvalue weighted by molar-refractivity contribution is 5.89. The normalized spacial score (nSPS) is 9.00. The van der Waals surface area contributed by atoms with E-state index in [4.69, 9.17) is 5.53 Å². The number of carbonyl (C=O) groups is 1. The van der Waals surface area contributed by atoms with Crippen LogP contribution in [0.1, 0.15) is 13.3 Å². The van der Waals surface area contributed by atoms with Crippen LogP contribution in [0.25, 0.3) is 10.4 Å². The van der Waals surface area contributed by atoms with Crippen LogP contribution in [0.2, 0.25) is 0 Å². The van der Waals surface area contributed by atoms with Gasteiger partial charge in [-0.1, -0.05) is 12.0 Å². The fourth-order valence-corrected chi connectivity index (χ4v) is 0.264. The first-order valence-corrected chi connectivity index (χ1v) is 2.54. The Hall–Kier alpha value is -1.28. The molecule has 9 heavy (non-hydrogen) atoms. The fourth-order valence-electron chi connectivity index (χ4n) is 0.264. The second kappa shape index (κ2) is 4.87. The Morgan fingerprint density at radius 2 is 2.56 bits per heavy atom. The first-order valence-electron chi connectivity index (χ1n) is 2.54. The predicted octanol–water partition coefficient (Wildman–Crippen LogP) is 1.79. The molecule has 0 aromatic carbocycles. The summed E-state index contributed by atoms with van der Waals surface area (Å²) in [4.78, 5) is 12.8. The van der Waals surface area contributed by atoms with E-state index in [1.54, 1.807) is 6.92 Å². The lowest BCUT2D eigenvalue weighted by Gasteiger charge is -1.78. The Balaban J connectivity index is 3.70. The third-order valence-corrected chi connectivity index (χ3v) is 0.727. The lowest BCUT2D eigenvalue weighted by molar-refractivity contribution is -0.114. The smallest absolute Gasteiger partial charge is 0.155 e. The van der Waals surface area contributed by atoms with Crippen LogP contribution in [0.5, 0.6) is 0 Å². The molecule has 0 aliphatic carbocycles. The monoisotopic (exact) mass is 125 g/mol. The highest BCUT2D eigenvalue weighted by Gasteiger charge is 1.85. The van der Waals surface area contributed by atoms with Crippen LogP contribution >= 0.6 is 0 Å². The summed E-state index contributed by atoms with van der Waals surface area (Å²) >= 11 is 0. The largest absolute Gasteiger partial charge is 0.295 e. The van der Waals surface area contributed by atoms with Crippen molar-refractivity contribution < 1.29 is 4.79 Å². The van der Waals surface area contributed by atoms with Gasteiger partial charge in [-0.15, -0.1) is 0 Å². The third-order valence-electron chi connectivity index (χ3n) is 0.727. The van der Waals surface area contributed by atoms with Crippen molar-refractivity contribution in [2.24, 2.45) is 5.11 Å². The molecule has 48 valence electrons. The Bertz CT molecular complexity index is 167. The van der Waals surface area contributed by atoms with Crippen LogP contribution in [-0.2, 0) is 4.79 Å². The maximum absolute atomic E-state index is 10.4. The van der Waals surface area contributed by atoms with Crippen LogP contribution in [0.15, 0.2) is 17.4 Å². The molecule has 0 spiro atoms. The summed E-state index contributed by atoms with van der Waals surface area (Å²) in [6.45, 7) is 1.74. The van der Waals surface area contributed by atoms with E-state index in [2.05, 4.69) is 10.0 Å². The molecule has 4 nitrogen and oxygen atoms in total. The number of azide groups is 1. The summed E-state index contributed by atoms with van der Waals surface area (Å²) in [5.74, 6) is -0.0394. The molecular weight excluding hydrogens is 118 g/mol. The van der Waals surface area contributed by atoms with E-state index in [9.17, 15) is 4.79 Å². The summed E-state index contributed by atoms with van der Waals surface area (Å²) in [6.07, 6.45) is 2.84. The number of rotatable bonds is 3. The van der Waals surface area contributed by atoms with Crippen LogP contribution in [-0.4, -0.2) is 5.78 Å². The molecule has 4 heteroatoms. The molecule has 0 saturated carbocycles. The van der Waals surface area contributed by atoms with Gasteiger partial charge in [0.25, 0.3) is 0 Å². The minimum Gasteiger partial charge on any atom is -0.295 e. The van der Waals surface area contributed by atoms with Crippen molar-refractivity contribution in [3.63, 3.8) is 0 Å². The van der Waals surface area contributed by atoms with E-state index >= 15 is 0 Å². The van der Waals surface area contributed by atoms with E-state index < -0.39 is 0 Å². The number of nitrogens with zero attached hydrogens (tertiary/aromatic N) is 3. The number of allylic oxidation sites excluding steroid dienone is 1. The molecule has 0 saturated heterocycles. The lowest BCUT2D eigenvalue weighted by Crippen LogP contribution is -1.85. The van der Waals surface area contributed by atoms with Crippen molar-refractivity contribution in [2.45, 2.75) is 13.3 Å². The van der Waals surface area contributed by atoms with Crippen molar-refractivity contribution in [3.8, 4) is 0 Å². The van der Waals surface area contributed by atoms with Gasteiger partial charge < -0.3 is 0 Å². The van der Waals surface area contributed by atoms with Crippen molar-refractivity contribution in [2.75, 3.05) is 0 Å². The number of hydrogen-bond acceptors (Lipinski definition) is 2. The maximum atomic E-state index is 10.4. The van der Waals surface area contributed by atoms with Gasteiger partial charge in [0.15, 0.2) is 5.78 Å². The lowest BCUT2D eigenvalue weighted by atomic mass is 10.3. The van der Waals surface area contributed by atoms with Gasteiger partial charge in [0.2, 0.25) is 0 Å². The Labute approximate surface area is 52.8 Å². The van der Waals surface area contributed by atoms with E-state index in [1.807, 2.05) is 0 Å². The van der Waals surface area contributed by atoms with Gasteiger partial charge in [-0.3, -0.25) is 4.79 Å². The highest BCUT2D eigenvalue weighted by atomic mass is 16.1. The summed E-state index contributed by atoms with van der Waals surface area (Å²) in [5.41, 5.74) is 7.75. The van der Waals surface area contributed by atoms with Gasteiger partial charge in [-0.25, -0.2) is 0 Å². The third kappa shape index (κ3) is 4.58. The molecule has 0 aliphatic heterocycles. The van der Waals surface area contributed by atoms with Crippen molar-refractivity contribution in [1.29, 1.82) is 0 Å². The standard InChI is InChI=1S/C5H7N3O/c1-2-5(9)3-4-7-8-6/h3-4H,2H2,1H3. The van der Waals surface area contributed by atoms with Crippen molar-refractivity contribution >= 4 is 5.78 Å². The van der Waals surface area contributed by atoms with Crippen LogP contribution in [0.4, 0.5) is 0 Å². The van der Waals surface area contributed by atoms with Crippen LogP contribution < -0.4 is 0 Å². The molecule has 0 fully saturated rings. The molecule has 0 bridgehead atoms. The zero-order chi connectivity index (χ0) is 7.11. The maximum Gasteiger partial charge on any atom is 0.155 e. The topological polar surface area (TPSA) is 65.8 Å². The number of ketones is 1. The molecule has 0 atom stereocenters. The summed E-state index contributed by atoms with van der Waals surface area (Å²) < 4.78 is 0. The van der Waals surface area contributed by atoms with Crippen molar-refractivity contribution in [1.82, 2.24) is 0 Å². The van der Waals surface area contributed by atoms with Gasteiger partial charge in [-0.05, 0) is 11.6 Å². The Kier molecular flexibility index (Phi) is 4.18. The van der Waals surface area contributed by atoms with E-state index in [0.717, 1.165) is 6.20 Å². The summed E-state index contributed by atoms with van der Waals surface area (Å²) in [5, 5.41) is 3.04. The zero-order valence-corrected chi connectivity index (χ0v) is 5.11. The zero-order valence-electron chi connectivity index (χ0n) is 5.11. The van der Waals surface area contributed by atoms with E-state index in [1.165, 1.54) is 6.08 Å². The average molecular weight is 125 g/mol. The molecule has 0 aromatic heterocycles. The number of hydrogen-bond donors (Lipinski definition) is 0. The van der Waals surface area contributed by atoms with Gasteiger partial charge in [0, 0.05) is 17.5 Å². The van der Waals surface area contributed by atoms with Crippen LogP contribution in [0, 0.1) is 0 Å². The molecule has 0 unspecified atom stereocenters. The minimum atomic E-state index is -0.0394. The second-order valence-corrected chi connectivity index (χ2v) is 1.34. The van der Waals surface area contributed by atoms with Gasteiger partial charge >= 0.3 is 0 Å². The molecule has 0 heterocycles. The Morgan fingerprint density at radius 3 is 3.00 bits per heavy atom. The molecule has 0 rings (SSSR count). The van der Waals surface area contributed by atoms with Gasteiger partial charge in [0.1, 0.15) is 0 Å². The highest BCUT2D eigenvalue weighted by Crippen LogP contribution is 1.83. The number of carbonyl (C=O) groups excluding carboxylic acids is 1. The second-order valence-electron chi connectivity index (χ2n) is 1.34. The van der Waals surface area contributed by atoms with E-state index in [0.29, 0.717) is 6.42 Å². The van der Waals surface area contributed by atoms with Gasteiger partial charge in [-0.2, -0.15) is 0 Å². The predicted molar refractivity (Wildman–Crippen MR) is 33.6 cm³/mol. The first-order chi connectivity index (χ1) is 4.31. The average Bonchev–Trinajstić information content (AvgIpc) is 1.89. The van der Waals surface area contributed by atoms with Gasteiger partial charge in [0.05, 0.1) is 0 Å².